The van der Waals surface area contributed by atoms with Crippen LogP contribution in [0.4, 0.5) is 0 Å². The Balaban J connectivity index is 1.85. The van der Waals surface area contributed by atoms with Gasteiger partial charge in [-0.25, -0.2) is 0 Å². The molecule has 0 atom stereocenters. The van der Waals surface area contributed by atoms with Gasteiger partial charge >= 0.3 is 0 Å². The van der Waals surface area contributed by atoms with Crippen molar-refractivity contribution in [3.63, 3.8) is 0 Å². The molecule has 1 saturated carbocycles. The van der Waals surface area contributed by atoms with Crippen LogP contribution in [0.25, 0.3) is 0 Å². The molecule has 2 aliphatic rings. The van der Waals surface area contributed by atoms with E-state index in [1.54, 1.807) is 0 Å². The smallest absolute Gasteiger partial charge is 0.195 e. The minimum atomic E-state index is -0.201. The van der Waals surface area contributed by atoms with Crippen LogP contribution >= 0.6 is 11.6 Å². The SMILES string of the molecule is CC1=C(C(=O)c2ccccc2)C(c2ccc(Cl)cc2)=NC12CCCCC2. The highest BCUT2D eigenvalue weighted by atomic mass is 35.5. The van der Waals surface area contributed by atoms with Gasteiger partial charge in [-0.05, 0) is 37.5 Å². The number of rotatable bonds is 3. The van der Waals surface area contributed by atoms with Gasteiger partial charge in [-0.15, -0.1) is 0 Å². The van der Waals surface area contributed by atoms with Gasteiger partial charge in [0, 0.05) is 21.7 Å². The number of halogens is 1. The van der Waals surface area contributed by atoms with Crippen LogP contribution in [0.2, 0.25) is 5.02 Å². The number of aliphatic imine (C=N–C) groups is 1. The van der Waals surface area contributed by atoms with E-state index >= 15 is 0 Å². The molecule has 0 saturated heterocycles. The van der Waals surface area contributed by atoms with Crippen LogP contribution in [0.15, 0.2) is 70.7 Å². The quantitative estimate of drug-likeness (QED) is 0.611. The largest absolute Gasteiger partial charge is 0.289 e. The first-order valence-electron chi connectivity index (χ1n) is 9.28. The van der Waals surface area contributed by atoms with Gasteiger partial charge in [0.25, 0.3) is 0 Å². The number of Topliss-reactive ketones (excluding diaryl/α,β-unsaturated/α-hetero) is 1. The minimum absolute atomic E-state index is 0.0687. The molecule has 1 fully saturated rings. The van der Waals surface area contributed by atoms with Crippen molar-refractivity contribution in [2.75, 3.05) is 0 Å². The van der Waals surface area contributed by atoms with E-state index in [0.717, 1.165) is 40.8 Å². The summed E-state index contributed by atoms with van der Waals surface area (Å²) in [4.78, 5) is 18.5. The van der Waals surface area contributed by atoms with Crippen LogP contribution in [0, 0.1) is 0 Å². The molecule has 1 aliphatic heterocycles. The number of benzene rings is 2. The third kappa shape index (κ3) is 2.93. The summed E-state index contributed by atoms with van der Waals surface area (Å²) in [5, 5.41) is 0.691. The van der Waals surface area contributed by atoms with Crippen LogP contribution in [0.5, 0.6) is 0 Å². The van der Waals surface area contributed by atoms with Crippen molar-refractivity contribution in [2.24, 2.45) is 4.99 Å². The van der Waals surface area contributed by atoms with Gasteiger partial charge in [0.1, 0.15) is 0 Å². The summed E-state index contributed by atoms with van der Waals surface area (Å²) >= 11 is 6.07. The predicted molar refractivity (Wildman–Crippen MR) is 107 cm³/mol. The van der Waals surface area contributed by atoms with E-state index < -0.39 is 0 Å². The summed E-state index contributed by atoms with van der Waals surface area (Å²) < 4.78 is 0. The van der Waals surface area contributed by atoms with Crippen LogP contribution in [-0.2, 0) is 0 Å². The Hall–Kier alpha value is -2.19. The second-order valence-electron chi connectivity index (χ2n) is 7.25. The zero-order chi connectivity index (χ0) is 18.1. The average molecular weight is 364 g/mol. The molecule has 2 aromatic carbocycles. The Bertz CT molecular complexity index is 888. The lowest BCUT2D eigenvalue weighted by atomic mass is 9.76. The van der Waals surface area contributed by atoms with E-state index in [1.807, 2.05) is 54.6 Å². The standard InChI is InChI=1S/C23H22ClNO/c1-16-20(22(26)18-8-4-2-5-9-18)21(17-10-12-19(24)13-11-17)25-23(16)14-6-3-7-15-23/h2,4-5,8-13H,3,6-7,14-15H2,1H3. The van der Waals surface area contributed by atoms with Gasteiger partial charge in [0.2, 0.25) is 0 Å². The highest BCUT2D eigenvalue weighted by Gasteiger charge is 2.42. The first kappa shape index (κ1) is 17.2. The van der Waals surface area contributed by atoms with Crippen molar-refractivity contribution >= 4 is 23.1 Å². The topological polar surface area (TPSA) is 29.4 Å². The van der Waals surface area contributed by atoms with Gasteiger partial charge in [0.15, 0.2) is 5.78 Å². The zero-order valence-corrected chi connectivity index (χ0v) is 15.7. The minimum Gasteiger partial charge on any atom is -0.289 e. The maximum atomic E-state index is 13.4. The molecular weight excluding hydrogens is 342 g/mol. The van der Waals surface area contributed by atoms with Crippen molar-refractivity contribution in [1.82, 2.24) is 0 Å². The number of allylic oxidation sites excluding steroid dienone is 1. The Morgan fingerprint density at radius 1 is 0.962 bits per heavy atom. The Morgan fingerprint density at radius 3 is 2.27 bits per heavy atom. The number of hydrogen-bond donors (Lipinski definition) is 0. The molecule has 2 aromatic rings. The van der Waals surface area contributed by atoms with Crippen molar-refractivity contribution in [1.29, 1.82) is 0 Å². The number of carbonyl (C=O) groups excluding carboxylic acids is 1. The molecule has 132 valence electrons. The normalized spacial score (nSPS) is 18.9. The molecule has 1 heterocycles. The highest BCUT2D eigenvalue weighted by Crippen LogP contribution is 2.44. The summed E-state index contributed by atoms with van der Waals surface area (Å²) in [6.07, 6.45) is 5.65. The predicted octanol–water partition coefficient (Wildman–Crippen LogP) is 6.05. The van der Waals surface area contributed by atoms with E-state index in [9.17, 15) is 4.79 Å². The van der Waals surface area contributed by atoms with E-state index in [-0.39, 0.29) is 11.3 Å². The number of ketones is 1. The molecular formula is C23H22ClNO. The van der Waals surface area contributed by atoms with Crippen LogP contribution in [-0.4, -0.2) is 17.0 Å². The fourth-order valence-corrected chi connectivity index (χ4v) is 4.34. The molecule has 0 aromatic heterocycles. The molecule has 1 spiro atoms. The lowest BCUT2D eigenvalue weighted by Gasteiger charge is -2.32. The molecule has 2 nitrogen and oxygen atoms in total. The van der Waals surface area contributed by atoms with E-state index in [4.69, 9.17) is 16.6 Å². The van der Waals surface area contributed by atoms with Crippen molar-refractivity contribution in [3.8, 4) is 0 Å². The van der Waals surface area contributed by atoms with Crippen LogP contribution in [0.1, 0.15) is 54.9 Å². The number of carbonyl (C=O) groups is 1. The van der Waals surface area contributed by atoms with Gasteiger partial charge in [0.05, 0.1) is 11.3 Å². The maximum absolute atomic E-state index is 13.4. The average Bonchev–Trinajstić information content (AvgIpc) is 2.95. The van der Waals surface area contributed by atoms with E-state index in [0.29, 0.717) is 5.02 Å². The van der Waals surface area contributed by atoms with E-state index in [2.05, 4.69) is 6.92 Å². The fraction of sp³-hybridized carbons (Fsp3) is 0.304. The second-order valence-corrected chi connectivity index (χ2v) is 7.69. The summed E-state index contributed by atoms with van der Waals surface area (Å²) in [6.45, 7) is 2.11. The van der Waals surface area contributed by atoms with Crippen molar-refractivity contribution in [2.45, 2.75) is 44.6 Å². The second kappa shape index (κ2) is 6.85. The molecule has 1 aliphatic carbocycles. The fourth-order valence-electron chi connectivity index (χ4n) is 4.22. The molecule has 0 radical (unpaired) electrons. The Labute approximate surface area is 159 Å². The van der Waals surface area contributed by atoms with Crippen molar-refractivity contribution < 1.29 is 4.79 Å². The van der Waals surface area contributed by atoms with Crippen molar-refractivity contribution in [3.05, 3.63) is 81.9 Å². The lowest BCUT2D eigenvalue weighted by Crippen LogP contribution is -2.29. The molecule has 3 heteroatoms. The number of nitrogens with zero attached hydrogens (tertiary/aromatic N) is 1. The molecule has 26 heavy (non-hydrogen) atoms. The van der Waals surface area contributed by atoms with Gasteiger partial charge in [-0.2, -0.15) is 0 Å². The third-order valence-electron chi connectivity index (χ3n) is 5.70. The monoisotopic (exact) mass is 363 g/mol. The highest BCUT2D eigenvalue weighted by molar-refractivity contribution is 6.35. The van der Waals surface area contributed by atoms with Gasteiger partial charge < -0.3 is 0 Å². The summed E-state index contributed by atoms with van der Waals surface area (Å²) in [5.74, 6) is 0.0687. The Kier molecular flexibility index (Phi) is 4.54. The van der Waals surface area contributed by atoms with Crippen LogP contribution < -0.4 is 0 Å². The number of hydrogen-bond acceptors (Lipinski definition) is 2. The molecule has 0 unspecified atom stereocenters. The lowest BCUT2D eigenvalue weighted by molar-refractivity contribution is 0.103. The van der Waals surface area contributed by atoms with Gasteiger partial charge in [-0.1, -0.05) is 73.3 Å². The first-order chi connectivity index (χ1) is 12.6. The molecule has 0 bridgehead atoms. The van der Waals surface area contributed by atoms with E-state index in [1.165, 1.54) is 19.3 Å². The van der Waals surface area contributed by atoms with Crippen LogP contribution in [0.3, 0.4) is 0 Å². The molecule has 0 amide bonds. The summed E-state index contributed by atoms with van der Waals surface area (Å²) in [7, 11) is 0. The molecule has 0 N–H and O–H groups in total. The molecule has 4 rings (SSSR count). The summed E-state index contributed by atoms with van der Waals surface area (Å²) in [6, 6.07) is 17.2. The Morgan fingerprint density at radius 2 is 1.62 bits per heavy atom. The zero-order valence-electron chi connectivity index (χ0n) is 15.0. The summed E-state index contributed by atoms with van der Waals surface area (Å²) in [5.41, 5.74) is 4.23. The van der Waals surface area contributed by atoms with Gasteiger partial charge in [-0.3, -0.25) is 9.79 Å². The maximum Gasteiger partial charge on any atom is 0.195 e. The first-order valence-corrected chi connectivity index (χ1v) is 9.66. The third-order valence-corrected chi connectivity index (χ3v) is 5.95.